The molecule has 6 heteroatoms. The van der Waals surface area contributed by atoms with E-state index >= 15 is 0 Å². The van der Waals surface area contributed by atoms with Crippen LogP contribution in [0.2, 0.25) is 0 Å². The van der Waals surface area contributed by atoms with Gasteiger partial charge in [-0.3, -0.25) is 0 Å². The van der Waals surface area contributed by atoms with E-state index in [4.69, 9.17) is 17.3 Å². The van der Waals surface area contributed by atoms with Crippen LogP contribution in [0.1, 0.15) is 0 Å². The van der Waals surface area contributed by atoms with Crippen molar-refractivity contribution in [3.63, 3.8) is 0 Å². The first kappa shape index (κ1) is 8.90. The van der Waals surface area contributed by atoms with Gasteiger partial charge in [0.2, 0.25) is 0 Å². The molecule has 0 bridgehead atoms. The Morgan fingerprint density at radius 2 is 2.40 bits per heavy atom. The minimum absolute atomic E-state index is 0.00231. The van der Waals surface area contributed by atoms with E-state index in [1.807, 2.05) is 0 Å². The molecule has 0 aromatic rings. The van der Waals surface area contributed by atoms with Gasteiger partial charge >= 0.3 is 6.03 Å². The summed E-state index contributed by atoms with van der Waals surface area (Å²) < 4.78 is 0. The van der Waals surface area contributed by atoms with Crippen LogP contribution in [-0.4, -0.2) is 17.6 Å². The molecule has 0 aromatic heterocycles. The fourth-order valence-corrected chi connectivity index (χ4v) is 0.383. The third-order valence-corrected chi connectivity index (χ3v) is 0.899. The van der Waals surface area contributed by atoms with E-state index in [0.717, 1.165) is 0 Å². The molecule has 2 amide bonds. The number of rotatable bonds is 3. The van der Waals surface area contributed by atoms with Crippen LogP contribution in [0, 0.1) is 4.91 Å². The molecular weight excluding hydrogens is 158 g/mol. The summed E-state index contributed by atoms with van der Waals surface area (Å²) in [6.07, 6.45) is 1.37. The number of hydrogen-bond donors (Lipinski definition) is 1. The SMILES string of the molecule is NC(=O)N(CC=CCl)N=O. The third kappa shape index (κ3) is 3.03. The van der Waals surface area contributed by atoms with Gasteiger partial charge in [0, 0.05) is 5.54 Å². The number of nitrogens with zero attached hydrogens (tertiary/aromatic N) is 2. The predicted molar refractivity (Wildman–Crippen MR) is 37.1 cm³/mol. The number of urea groups is 1. The molecule has 0 aromatic carbocycles. The molecule has 0 atom stereocenters. The summed E-state index contributed by atoms with van der Waals surface area (Å²) in [5.41, 5.74) is 5.87. The van der Waals surface area contributed by atoms with Gasteiger partial charge in [-0.05, 0) is 0 Å². The Morgan fingerprint density at radius 3 is 2.70 bits per heavy atom. The van der Waals surface area contributed by atoms with Gasteiger partial charge in [-0.15, -0.1) is 4.91 Å². The second kappa shape index (κ2) is 4.75. The first-order valence-corrected chi connectivity index (χ1v) is 2.81. The zero-order valence-corrected chi connectivity index (χ0v) is 5.78. The monoisotopic (exact) mass is 163 g/mol. The van der Waals surface area contributed by atoms with Gasteiger partial charge in [0.1, 0.15) is 0 Å². The fraction of sp³-hybridized carbons (Fsp3) is 0.250. The Labute approximate surface area is 62.4 Å². The van der Waals surface area contributed by atoms with Gasteiger partial charge in [-0.2, -0.15) is 5.01 Å². The molecule has 56 valence electrons. The number of nitrogens with two attached hydrogens (primary N) is 1. The van der Waals surface area contributed by atoms with Crippen LogP contribution >= 0.6 is 11.6 Å². The standard InChI is InChI=1S/C4H6ClN3O2/c5-2-1-3-8(7-10)4(6)9/h1-2H,3H2,(H2,6,9). The van der Waals surface area contributed by atoms with Crippen LogP contribution in [0.25, 0.3) is 0 Å². The van der Waals surface area contributed by atoms with E-state index in [0.29, 0.717) is 5.01 Å². The molecule has 0 unspecified atom stereocenters. The average Bonchev–Trinajstić information content (AvgIpc) is 1.89. The van der Waals surface area contributed by atoms with E-state index in [1.165, 1.54) is 11.6 Å². The number of carbonyl (C=O) groups excluding carboxylic acids is 1. The zero-order chi connectivity index (χ0) is 7.98. The summed E-state index contributed by atoms with van der Waals surface area (Å²) in [5, 5.41) is 2.86. The van der Waals surface area contributed by atoms with Gasteiger partial charge in [0.25, 0.3) is 0 Å². The normalized spacial score (nSPS) is 9.70. The van der Waals surface area contributed by atoms with E-state index in [9.17, 15) is 9.70 Å². The van der Waals surface area contributed by atoms with Crippen molar-refractivity contribution in [2.45, 2.75) is 0 Å². The van der Waals surface area contributed by atoms with Crippen molar-refractivity contribution in [3.05, 3.63) is 16.5 Å². The van der Waals surface area contributed by atoms with Crippen molar-refractivity contribution in [2.24, 2.45) is 11.0 Å². The Morgan fingerprint density at radius 1 is 1.80 bits per heavy atom. The number of amides is 2. The molecule has 0 aliphatic carbocycles. The highest BCUT2D eigenvalue weighted by atomic mass is 35.5. The van der Waals surface area contributed by atoms with Crippen molar-refractivity contribution < 1.29 is 4.79 Å². The van der Waals surface area contributed by atoms with Crippen LogP contribution < -0.4 is 5.73 Å². The lowest BCUT2D eigenvalue weighted by molar-refractivity contribution is 0.214. The number of carbonyl (C=O) groups is 1. The van der Waals surface area contributed by atoms with E-state index in [-0.39, 0.29) is 6.54 Å². The van der Waals surface area contributed by atoms with Crippen molar-refractivity contribution in [3.8, 4) is 0 Å². The number of primary amides is 1. The van der Waals surface area contributed by atoms with Crippen molar-refractivity contribution in [2.75, 3.05) is 6.54 Å². The molecule has 10 heavy (non-hydrogen) atoms. The largest absolute Gasteiger partial charge is 0.350 e. The Bertz CT molecular complexity index is 159. The quantitative estimate of drug-likeness (QED) is 0.494. The minimum atomic E-state index is -0.898. The Hall–Kier alpha value is -1.10. The van der Waals surface area contributed by atoms with E-state index < -0.39 is 6.03 Å². The fourth-order valence-electron chi connectivity index (χ4n) is 0.303. The van der Waals surface area contributed by atoms with E-state index in [1.54, 1.807) is 0 Å². The highest BCUT2D eigenvalue weighted by Gasteiger charge is 2.05. The smallest absolute Gasteiger partial charge is 0.338 e. The first-order valence-electron chi connectivity index (χ1n) is 2.38. The van der Waals surface area contributed by atoms with Gasteiger partial charge < -0.3 is 5.73 Å². The molecule has 0 heterocycles. The molecule has 0 rings (SSSR count). The van der Waals surface area contributed by atoms with Crippen molar-refractivity contribution in [1.82, 2.24) is 5.01 Å². The molecule has 0 radical (unpaired) electrons. The molecule has 0 saturated carbocycles. The minimum Gasteiger partial charge on any atom is -0.350 e. The van der Waals surface area contributed by atoms with Crippen LogP contribution in [0.4, 0.5) is 4.79 Å². The van der Waals surface area contributed by atoms with Crippen LogP contribution in [0.15, 0.2) is 16.9 Å². The predicted octanol–water partition coefficient (Wildman–Crippen LogP) is 0.801. The summed E-state index contributed by atoms with van der Waals surface area (Å²) in [4.78, 5) is 20.0. The molecule has 5 nitrogen and oxygen atoms in total. The van der Waals surface area contributed by atoms with Gasteiger partial charge in [0.05, 0.1) is 11.8 Å². The lowest BCUT2D eigenvalue weighted by Gasteiger charge is -2.04. The topological polar surface area (TPSA) is 75.8 Å². The van der Waals surface area contributed by atoms with Crippen LogP contribution in [-0.2, 0) is 0 Å². The molecule has 0 spiro atoms. The number of nitroso groups, excluding NO2 is 1. The Kier molecular flexibility index (Phi) is 4.23. The summed E-state index contributed by atoms with van der Waals surface area (Å²) >= 11 is 5.10. The maximum Gasteiger partial charge on any atom is 0.338 e. The molecule has 0 aliphatic heterocycles. The summed E-state index contributed by atoms with van der Waals surface area (Å²) in [6, 6.07) is -0.898. The Balaban J connectivity index is 3.83. The third-order valence-electron chi connectivity index (χ3n) is 0.720. The highest BCUT2D eigenvalue weighted by Crippen LogP contribution is 1.89. The second-order valence-corrected chi connectivity index (χ2v) is 1.62. The average molecular weight is 164 g/mol. The van der Waals surface area contributed by atoms with Gasteiger partial charge in [0.15, 0.2) is 0 Å². The zero-order valence-electron chi connectivity index (χ0n) is 5.03. The highest BCUT2D eigenvalue weighted by molar-refractivity contribution is 6.25. The number of hydrogen-bond acceptors (Lipinski definition) is 3. The summed E-state index contributed by atoms with van der Waals surface area (Å²) in [6.45, 7) is 0.00231. The van der Waals surface area contributed by atoms with Gasteiger partial charge in [-0.25, -0.2) is 4.79 Å². The lowest BCUT2D eigenvalue weighted by Crippen LogP contribution is -2.30. The van der Waals surface area contributed by atoms with Crippen molar-refractivity contribution >= 4 is 17.6 Å². The first-order chi connectivity index (χ1) is 4.72. The molecule has 0 aliphatic rings. The maximum atomic E-state index is 10.2. The van der Waals surface area contributed by atoms with Crippen molar-refractivity contribution in [1.29, 1.82) is 0 Å². The van der Waals surface area contributed by atoms with Crippen LogP contribution in [0.3, 0.4) is 0 Å². The second-order valence-electron chi connectivity index (χ2n) is 1.36. The molecule has 0 saturated heterocycles. The van der Waals surface area contributed by atoms with Crippen LogP contribution in [0.5, 0.6) is 0 Å². The number of halogens is 1. The molecule has 0 fully saturated rings. The lowest BCUT2D eigenvalue weighted by atomic mass is 10.6. The summed E-state index contributed by atoms with van der Waals surface area (Å²) in [5.74, 6) is 0. The molecular formula is C4H6ClN3O2. The van der Waals surface area contributed by atoms with Gasteiger partial charge in [-0.1, -0.05) is 17.7 Å². The van der Waals surface area contributed by atoms with E-state index in [2.05, 4.69) is 5.29 Å². The molecule has 2 N–H and O–H groups in total. The maximum absolute atomic E-state index is 10.2. The summed E-state index contributed by atoms with van der Waals surface area (Å²) in [7, 11) is 0.